The van der Waals surface area contributed by atoms with Gasteiger partial charge in [0.05, 0.1) is 0 Å². The molecule has 0 bridgehead atoms. The molecule has 2 amide bonds. The second-order valence-electron chi connectivity index (χ2n) is 7.07. The Labute approximate surface area is 154 Å². The number of carbonyl (C=O) groups is 2. The minimum atomic E-state index is -0.378. The van der Waals surface area contributed by atoms with Gasteiger partial charge in [0.1, 0.15) is 0 Å². The van der Waals surface area contributed by atoms with Crippen molar-refractivity contribution in [2.24, 2.45) is 5.73 Å². The van der Waals surface area contributed by atoms with Crippen molar-refractivity contribution < 1.29 is 9.59 Å². The number of nitrogens with zero attached hydrogens (tertiary/aromatic N) is 1. The Morgan fingerprint density at radius 3 is 2.77 bits per heavy atom. The van der Waals surface area contributed by atoms with Crippen molar-refractivity contribution >= 4 is 23.1 Å². The van der Waals surface area contributed by atoms with Crippen molar-refractivity contribution in [3.05, 3.63) is 34.4 Å². The molecular weight excluding hydrogens is 326 g/mol. The van der Waals surface area contributed by atoms with Gasteiger partial charge in [-0.2, -0.15) is 0 Å². The molecule has 1 aromatic carbocycles. The first kappa shape index (κ1) is 18.1. The standard InChI is InChI=1S/C21H25N3O2/c1-4-6-19(25)23-15-7-5-10-24(12-15)18-9-8-16(21(22)26)17-11-13(2)14(3)20(17)18/h8-9,15H,5,7,10-12H2,1-3H3,(H2,22,26)(H,23,25)/t15-/m1/s1. The highest BCUT2D eigenvalue weighted by molar-refractivity contribution is 5.99. The monoisotopic (exact) mass is 351 g/mol. The van der Waals surface area contributed by atoms with Crippen LogP contribution >= 0.6 is 0 Å². The summed E-state index contributed by atoms with van der Waals surface area (Å²) in [5.74, 6) is 4.58. The summed E-state index contributed by atoms with van der Waals surface area (Å²) in [7, 11) is 0. The maximum absolute atomic E-state index is 11.8. The molecule has 3 N–H and O–H groups in total. The normalized spacial score (nSPS) is 18.9. The first-order valence-electron chi connectivity index (χ1n) is 9.03. The largest absolute Gasteiger partial charge is 0.369 e. The Bertz CT molecular complexity index is 858. The van der Waals surface area contributed by atoms with E-state index in [9.17, 15) is 9.59 Å². The van der Waals surface area contributed by atoms with Gasteiger partial charge < -0.3 is 16.0 Å². The van der Waals surface area contributed by atoms with Crippen LogP contribution in [0.1, 0.15) is 55.1 Å². The van der Waals surface area contributed by atoms with Gasteiger partial charge in [0.15, 0.2) is 0 Å². The molecule has 1 fully saturated rings. The van der Waals surface area contributed by atoms with Gasteiger partial charge in [0.25, 0.3) is 5.91 Å². The van der Waals surface area contributed by atoms with E-state index in [-0.39, 0.29) is 17.9 Å². The van der Waals surface area contributed by atoms with Crippen LogP contribution in [0.25, 0.3) is 5.57 Å². The highest BCUT2D eigenvalue weighted by Crippen LogP contribution is 2.41. The predicted octanol–water partition coefficient (Wildman–Crippen LogP) is 2.24. The van der Waals surface area contributed by atoms with E-state index in [2.05, 4.69) is 35.9 Å². The zero-order chi connectivity index (χ0) is 18.8. The van der Waals surface area contributed by atoms with Crippen LogP contribution in [0, 0.1) is 11.8 Å². The Hall–Kier alpha value is -2.74. The number of nitrogens with two attached hydrogens (primary N) is 1. The number of benzene rings is 1. The van der Waals surface area contributed by atoms with Crippen molar-refractivity contribution in [2.45, 2.75) is 46.1 Å². The summed E-state index contributed by atoms with van der Waals surface area (Å²) in [6, 6.07) is 3.92. The molecule has 1 atom stereocenters. The van der Waals surface area contributed by atoms with Crippen molar-refractivity contribution in [1.29, 1.82) is 0 Å². The third-order valence-electron chi connectivity index (χ3n) is 5.35. The molecule has 1 aromatic rings. The topological polar surface area (TPSA) is 75.4 Å². The van der Waals surface area contributed by atoms with E-state index in [1.54, 1.807) is 6.92 Å². The Balaban J connectivity index is 1.92. The lowest BCUT2D eigenvalue weighted by atomic mass is 9.95. The average Bonchev–Trinajstić information content (AvgIpc) is 2.89. The van der Waals surface area contributed by atoms with Crippen LogP contribution in [-0.4, -0.2) is 30.9 Å². The molecule has 26 heavy (non-hydrogen) atoms. The molecule has 5 nitrogen and oxygen atoms in total. The highest BCUT2D eigenvalue weighted by atomic mass is 16.1. The number of rotatable bonds is 3. The van der Waals surface area contributed by atoms with E-state index >= 15 is 0 Å². The Morgan fingerprint density at radius 2 is 2.08 bits per heavy atom. The molecule has 1 aliphatic heterocycles. The lowest BCUT2D eigenvalue weighted by molar-refractivity contribution is -0.116. The molecule has 0 saturated carbocycles. The number of fused-ring (bicyclic) bond motifs is 1. The van der Waals surface area contributed by atoms with E-state index in [1.165, 1.54) is 11.1 Å². The van der Waals surface area contributed by atoms with Crippen molar-refractivity contribution in [3.8, 4) is 11.8 Å². The molecule has 0 unspecified atom stereocenters. The van der Waals surface area contributed by atoms with Crippen LogP contribution in [0.4, 0.5) is 5.69 Å². The molecule has 136 valence electrons. The molecule has 0 radical (unpaired) electrons. The van der Waals surface area contributed by atoms with Gasteiger partial charge in [-0.25, -0.2) is 0 Å². The first-order chi connectivity index (χ1) is 12.4. The second kappa shape index (κ2) is 7.25. The maximum atomic E-state index is 11.8. The average molecular weight is 351 g/mol. The molecule has 0 aromatic heterocycles. The molecule has 5 heteroatoms. The second-order valence-corrected chi connectivity index (χ2v) is 7.07. The summed E-state index contributed by atoms with van der Waals surface area (Å²) in [5.41, 5.74) is 12.0. The fraction of sp³-hybridized carbons (Fsp3) is 0.429. The Morgan fingerprint density at radius 1 is 1.31 bits per heavy atom. The van der Waals surface area contributed by atoms with Crippen LogP contribution in [0.3, 0.4) is 0 Å². The zero-order valence-electron chi connectivity index (χ0n) is 15.6. The number of amides is 2. The number of anilines is 1. The fourth-order valence-corrected chi connectivity index (χ4v) is 3.99. The SMILES string of the molecule is CC#CC(=O)N[C@@H]1CCCN(c2ccc(C(N)=O)c3c2C(C)=C(C)C3)C1. The number of allylic oxidation sites excluding steroid dienone is 2. The van der Waals surface area contributed by atoms with E-state index < -0.39 is 0 Å². The zero-order valence-corrected chi connectivity index (χ0v) is 15.6. The van der Waals surface area contributed by atoms with Gasteiger partial charge in [-0.3, -0.25) is 9.59 Å². The first-order valence-corrected chi connectivity index (χ1v) is 9.03. The van der Waals surface area contributed by atoms with Crippen LogP contribution < -0.4 is 16.0 Å². The molecular formula is C21H25N3O2. The molecule has 1 heterocycles. The molecule has 1 saturated heterocycles. The van der Waals surface area contributed by atoms with Gasteiger partial charge in [-0.15, -0.1) is 0 Å². The van der Waals surface area contributed by atoms with Gasteiger partial charge in [-0.1, -0.05) is 11.5 Å². The number of nitrogens with one attached hydrogen (secondary N) is 1. The lowest BCUT2D eigenvalue weighted by Gasteiger charge is -2.36. The Kier molecular flexibility index (Phi) is 5.03. The predicted molar refractivity (Wildman–Crippen MR) is 104 cm³/mol. The summed E-state index contributed by atoms with van der Waals surface area (Å²) in [4.78, 5) is 25.9. The van der Waals surface area contributed by atoms with E-state index in [1.807, 2.05) is 12.1 Å². The number of hydrogen-bond acceptors (Lipinski definition) is 3. The smallest absolute Gasteiger partial charge is 0.296 e. The van der Waals surface area contributed by atoms with E-state index in [0.717, 1.165) is 49.2 Å². The number of hydrogen-bond donors (Lipinski definition) is 2. The minimum Gasteiger partial charge on any atom is -0.369 e. The molecule has 2 aliphatic rings. The van der Waals surface area contributed by atoms with Crippen LogP contribution in [-0.2, 0) is 11.2 Å². The van der Waals surface area contributed by atoms with Crippen molar-refractivity contribution in [3.63, 3.8) is 0 Å². The summed E-state index contributed by atoms with van der Waals surface area (Å²) in [6.45, 7) is 7.54. The van der Waals surface area contributed by atoms with Gasteiger partial charge in [0.2, 0.25) is 5.91 Å². The van der Waals surface area contributed by atoms with Crippen LogP contribution in [0.2, 0.25) is 0 Å². The summed E-state index contributed by atoms with van der Waals surface area (Å²) >= 11 is 0. The summed E-state index contributed by atoms with van der Waals surface area (Å²) in [5, 5.41) is 3.00. The van der Waals surface area contributed by atoms with E-state index in [0.29, 0.717) is 5.56 Å². The molecule has 1 aliphatic carbocycles. The molecule has 3 rings (SSSR count). The third kappa shape index (κ3) is 3.32. The quantitative estimate of drug-likeness (QED) is 0.820. The fourth-order valence-electron chi connectivity index (χ4n) is 3.99. The minimum absolute atomic E-state index is 0.0790. The number of carbonyl (C=O) groups excluding carboxylic acids is 2. The third-order valence-corrected chi connectivity index (χ3v) is 5.35. The van der Waals surface area contributed by atoms with E-state index in [4.69, 9.17) is 5.73 Å². The summed E-state index contributed by atoms with van der Waals surface area (Å²) < 4.78 is 0. The van der Waals surface area contributed by atoms with Gasteiger partial charge in [0, 0.05) is 35.9 Å². The maximum Gasteiger partial charge on any atom is 0.296 e. The van der Waals surface area contributed by atoms with Gasteiger partial charge in [-0.05, 0) is 69.2 Å². The van der Waals surface area contributed by atoms with Crippen molar-refractivity contribution in [2.75, 3.05) is 18.0 Å². The van der Waals surface area contributed by atoms with Gasteiger partial charge >= 0.3 is 0 Å². The number of piperidine rings is 1. The van der Waals surface area contributed by atoms with Crippen LogP contribution in [0.15, 0.2) is 17.7 Å². The summed E-state index contributed by atoms with van der Waals surface area (Å²) in [6.07, 6.45) is 2.72. The number of primary amides is 1. The van der Waals surface area contributed by atoms with Crippen molar-refractivity contribution in [1.82, 2.24) is 5.32 Å². The molecule has 0 spiro atoms. The highest BCUT2D eigenvalue weighted by Gasteiger charge is 2.29. The van der Waals surface area contributed by atoms with Crippen LogP contribution in [0.5, 0.6) is 0 Å². The lowest BCUT2D eigenvalue weighted by Crippen LogP contribution is -2.47.